The fourth-order valence-electron chi connectivity index (χ4n) is 1.62. The minimum absolute atomic E-state index is 0.0660. The first-order valence-electron chi connectivity index (χ1n) is 6.04. The van der Waals surface area contributed by atoms with Crippen molar-refractivity contribution < 1.29 is 9.53 Å². The number of benzene rings is 1. The summed E-state index contributed by atoms with van der Waals surface area (Å²) < 4.78 is 5.59. The molecule has 1 heterocycles. The maximum absolute atomic E-state index is 11.8. The van der Waals surface area contributed by atoms with Crippen molar-refractivity contribution in [3.8, 4) is 5.75 Å². The summed E-state index contributed by atoms with van der Waals surface area (Å²) >= 11 is 0. The fourth-order valence-corrected chi connectivity index (χ4v) is 1.62. The number of anilines is 1. The Kier molecular flexibility index (Phi) is 3.98. The van der Waals surface area contributed by atoms with Gasteiger partial charge in [0.15, 0.2) is 0 Å². The van der Waals surface area contributed by atoms with Gasteiger partial charge in [0.05, 0.1) is 18.2 Å². The van der Waals surface area contributed by atoms with Crippen LogP contribution < -0.4 is 15.4 Å². The molecule has 4 heteroatoms. The summed E-state index contributed by atoms with van der Waals surface area (Å²) in [5.41, 5.74) is 0.762. The molecule has 1 aromatic rings. The van der Waals surface area contributed by atoms with Crippen LogP contribution in [0.2, 0.25) is 0 Å². The van der Waals surface area contributed by atoms with Crippen molar-refractivity contribution >= 4 is 11.6 Å². The zero-order valence-corrected chi connectivity index (χ0v) is 10.0. The van der Waals surface area contributed by atoms with E-state index in [4.69, 9.17) is 4.74 Å². The first-order valence-corrected chi connectivity index (χ1v) is 6.04. The van der Waals surface area contributed by atoms with Crippen LogP contribution >= 0.6 is 0 Å². The van der Waals surface area contributed by atoms with Gasteiger partial charge in [0.2, 0.25) is 5.91 Å². The molecule has 1 fully saturated rings. The second kappa shape index (κ2) is 5.68. The molecule has 0 aliphatic carbocycles. The van der Waals surface area contributed by atoms with Gasteiger partial charge in [-0.2, -0.15) is 0 Å². The molecule has 92 valence electrons. The molecule has 0 aromatic heterocycles. The van der Waals surface area contributed by atoms with Crippen LogP contribution in [-0.4, -0.2) is 25.6 Å². The van der Waals surface area contributed by atoms with Crippen LogP contribution in [0.1, 0.15) is 13.3 Å². The molecular formula is C13H18N2O2. The van der Waals surface area contributed by atoms with E-state index in [0.717, 1.165) is 30.9 Å². The number of amides is 1. The Morgan fingerprint density at radius 2 is 2.24 bits per heavy atom. The lowest BCUT2D eigenvalue weighted by molar-refractivity contribution is -0.121. The van der Waals surface area contributed by atoms with E-state index in [0.29, 0.717) is 6.61 Å². The third kappa shape index (κ3) is 2.97. The van der Waals surface area contributed by atoms with E-state index in [1.165, 1.54) is 0 Å². The van der Waals surface area contributed by atoms with Crippen molar-refractivity contribution in [3.05, 3.63) is 24.3 Å². The molecule has 0 spiro atoms. The van der Waals surface area contributed by atoms with Gasteiger partial charge >= 0.3 is 0 Å². The number of carbonyl (C=O) groups excluding carboxylic acids is 1. The van der Waals surface area contributed by atoms with E-state index in [-0.39, 0.29) is 11.8 Å². The summed E-state index contributed by atoms with van der Waals surface area (Å²) in [4.78, 5) is 11.8. The molecule has 4 nitrogen and oxygen atoms in total. The molecule has 0 saturated carbocycles. The Bertz CT molecular complexity index is 389. The van der Waals surface area contributed by atoms with E-state index < -0.39 is 0 Å². The van der Waals surface area contributed by atoms with Crippen LogP contribution in [0, 0.1) is 5.92 Å². The lowest BCUT2D eigenvalue weighted by Crippen LogP contribution is -2.48. The van der Waals surface area contributed by atoms with Gasteiger partial charge < -0.3 is 15.4 Å². The van der Waals surface area contributed by atoms with Crippen molar-refractivity contribution in [2.45, 2.75) is 13.3 Å². The number of carbonyl (C=O) groups is 1. The predicted octanol–water partition coefficient (Wildman–Crippen LogP) is 1.63. The molecule has 1 aromatic carbocycles. The van der Waals surface area contributed by atoms with Gasteiger partial charge in [-0.05, 0) is 18.6 Å². The average Bonchev–Trinajstić information content (AvgIpc) is 2.25. The molecule has 0 unspecified atom stereocenters. The van der Waals surface area contributed by atoms with Crippen LogP contribution in [0.3, 0.4) is 0 Å². The van der Waals surface area contributed by atoms with E-state index >= 15 is 0 Å². The van der Waals surface area contributed by atoms with E-state index in [1.54, 1.807) is 0 Å². The Hall–Kier alpha value is -1.55. The highest BCUT2D eigenvalue weighted by Gasteiger charge is 2.25. The van der Waals surface area contributed by atoms with E-state index in [2.05, 4.69) is 17.6 Å². The molecule has 1 aliphatic heterocycles. The molecule has 0 radical (unpaired) electrons. The average molecular weight is 234 g/mol. The highest BCUT2D eigenvalue weighted by atomic mass is 16.5. The Balaban J connectivity index is 2.00. The van der Waals surface area contributed by atoms with Crippen LogP contribution in [0.15, 0.2) is 24.3 Å². The largest absolute Gasteiger partial charge is 0.491 e. The van der Waals surface area contributed by atoms with Crippen LogP contribution in [0.5, 0.6) is 5.75 Å². The molecular weight excluding hydrogens is 216 g/mol. The summed E-state index contributed by atoms with van der Waals surface area (Å²) in [6.45, 7) is 4.26. The van der Waals surface area contributed by atoms with Crippen LogP contribution in [-0.2, 0) is 4.79 Å². The number of rotatable bonds is 5. The van der Waals surface area contributed by atoms with Crippen molar-refractivity contribution in [2.24, 2.45) is 5.92 Å². The van der Waals surface area contributed by atoms with Crippen LogP contribution in [0.4, 0.5) is 5.69 Å². The Morgan fingerprint density at radius 1 is 1.47 bits per heavy atom. The molecule has 1 saturated heterocycles. The third-order valence-corrected chi connectivity index (χ3v) is 2.76. The number of hydrogen-bond acceptors (Lipinski definition) is 3. The molecule has 2 N–H and O–H groups in total. The predicted molar refractivity (Wildman–Crippen MR) is 67.2 cm³/mol. The Morgan fingerprint density at radius 3 is 2.88 bits per heavy atom. The quantitative estimate of drug-likeness (QED) is 0.814. The van der Waals surface area contributed by atoms with Gasteiger partial charge in [0.25, 0.3) is 0 Å². The topological polar surface area (TPSA) is 50.4 Å². The highest BCUT2D eigenvalue weighted by Crippen LogP contribution is 2.24. The Labute approximate surface area is 101 Å². The van der Waals surface area contributed by atoms with Crippen LogP contribution in [0.25, 0.3) is 0 Å². The third-order valence-electron chi connectivity index (χ3n) is 2.76. The number of nitrogens with one attached hydrogen (secondary N) is 2. The fraction of sp³-hybridized carbons (Fsp3) is 0.462. The molecule has 1 aliphatic rings. The van der Waals surface area contributed by atoms with Gasteiger partial charge in [0, 0.05) is 13.1 Å². The number of hydrogen-bond donors (Lipinski definition) is 2. The lowest BCUT2D eigenvalue weighted by Gasteiger charge is -2.26. The summed E-state index contributed by atoms with van der Waals surface area (Å²) in [6.07, 6.45) is 0.953. The summed E-state index contributed by atoms with van der Waals surface area (Å²) in [6, 6.07) is 7.55. The maximum Gasteiger partial charge on any atom is 0.230 e. The standard InChI is InChI=1S/C13H18N2O2/c1-2-7-17-12-6-4-3-5-11(12)15-13(16)10-8-14-9-10/h3-6,10,14H,2,7-9H2,1H3,(H,15,16). The monoisotopic (exact) mass is 234 g/mol. The highest BCUT2D eigenvalue weighted by molar-refractivity contribution is 5.94. The van der Waals surface area contributed by atoms with E-state index in [1.807, 2.05) is 24.3 Å². The minimum Gasteiger partial charge on any atom is -0.491 e. The smallest absolute Gasteiger partial charge is 0.230 e. The zero-order valence-electron chi connectivity index (χ0n) is 10.0. The van der Waals surface area contributed by atoms with Crippen molar-refractivity contribution in [1.82, 2.24) is 5.32 Å². The van der Waals surface area contributed by atoms with Crippen molar-refractivity contribution in [3.63, 3.8) is 0 Å². The first-order chi connectivity index (χ1) is 8.31. The zero-order chi connectivity index (χ0) is 12.1. The first kappa shape index (κ1) is 11.9. The summed E-state index contributed by atoms with van der Waals surface area (Å²) in [7, 11) is 0. The number of para-hydroxylation sites is 2. The van der Waals surface area contributed by atoms with Gasteiger partial charge in [-0.3, -0.25) is 4.79 Å². The van der Waals surface area contributed by atoms with Gasteiger partial charge in [-0.1, -0.05) is 19.1 Å². The van der Waals surface area contributed by atoms with Gasteiger partial charge in [-0.25, -0.2) is 0 Å². The minimum atomic E-state index is 0.0660. The molecule has 17 heavy (non-hydrogen) atoms. The van der Waals surface area contributed by atoms with Gasteiger partial charge in [-0.15, -0.1) is 0 Å². The molecule has 0 atom stereocenters. The summed E-state index contributed by atoms with van der Waals surface area (Å²) in [5, 5.41) is 6.00. The van der Waals surface area contributed by atoms with E-state index in [9.17, 15) is 4.79 Å². The molecule has 2 rings (SSSR count). The van der Waals surface area contributed by atoms with Gasteiger partial charge in [0.1, 0.15) is 5.75 Å². The maximum atomic E-state index is 11.8. The molecule has 0 bridgehead atoms. The summed E-state index contributed by atoms with van der Waals surface area (Å²) in [5.74, 6) is 0.903. The van der Waals surface area contributed by atoms with Crippen molar-refractivity contribution in [2.75, 3.05) is 25.0 Å². The lowest BCUT2D eigenvalue weighted by atomic mass is 10.0. The van der Waals surface area contributed by atoms with Crippen molar-refractivity contribution in [1.29, 1.82) is 0 Å². The SMILES string of the molecule is CCCOc1ccccc1NC(=O)C1CNC1. The molecule has 1 amide bonds. The normalized spacial score (nSPS) is 15.1. The second-order valence-corrected chi connectivity index (χ2v) is 4.19. The number of ether oxygens (including phenoxy) is 1. The second-order valence-electron chi connectivity index (χ2n) is 4.19.